The van der Waals surface area contributed by atoms with Crippen LogP contribution < -0.4 is 0 Å². The fraction of sp³-hybridized carbons (Fsp3) is 0.800. The lowest BCUT2D eigenvalue weighted by molar-refractivity contribution is -0.148. The summed E-state index contributed by atoms with van der Waals surface area (Å²) < 4.78 is 5.25. The maximum Gasteiger partial charge on any atom is 0.309 e. The van der Waals surface area contributed by atoms with E-state index in [1.165, 1.54) is 0 Å². The molecule has 0 amide bonds. The van der Waals surface area contributed by atoms with Crippen LogP contribution in [0, 0.1) is 11.8 Å². The lowest BCUT2D eigenvalue weighted by atomic mass is 9.73. The fourth-order valence-corrected chi connectivity index (χ4v) is 2.43. The third kappa shape index (κ3) is 1.26. The predicted octanol–water partition coefficient (Wildman–Crippen LogP) is 1.31. The molecule has 1 heterocycles. The molecule has 13 heavy (non-hydrogen) atoms. The van der Waals surface area contributed by atoms with Gasteiger partial charge in [-0.3, -0.25) is 9.59 Å². The molecule has 72 valence electrons. The molecule has 2 atom stereocenters. The van der Waals surface area contributed by atoms with Gasteiger partial charge >= 0.3 is 5.97 Å². The van der Waals surface area contributed by atoms with E-state index in [9.17, 15) is 9.59 Å². The maximum absolute atomic E-state index is 11.4. The van der Waals surface area contributed by atoms with Crippen molar-refractivity contribution in [3.05, 3.63) is 0 Å². The molecule has 3 nitrogen and oxygen atoms in total. The van der Waals surface area contributed by atoms with E-state index in [0.29, 0.717) is 19.3 Å². The number of ether oxygens (including phenoxy) is 1. The largest absolute Gasteiger partial charge is 0.459 e. The molecule has 1 saturated heterocycles. The van der Waals surface area contributed by atoms with Gasteiger partial charge in [0.15, 0.2) is 0 Å². The zero-order valence-electron chi connectivity index (χ0n) is 8.00. The molecule has 0 aromatic heterocycles. The first-order valence-electron chi connectivity index (χ1n) is 4.75. The summed E-state index contributed by atoms with van der Waals surface area (Å²) in [5.41, 5.74) is -0.433. The van der Waals surface area contributed by atoms with Gasteiger partial charge in [0, 0.05) is 18.8 Å². The van der Waals surface area contributed by atoms with Crippen LogP contribution in [0.2, 0.25) is 0 Å². The third-order valence-corrected chi connectivity index (χ3v) is 3.23. The summed E-state index contributed by atoms with van der Waals surface area (Å²) in [5, 5.41) is 0. The molecule has 0 N–H and O–H groups in total. The molecule has 1 aliphatic heterocycles. The van der Waals surface area contributed by atoms with Crippen molar-refractivity contribution in [1.29, 1.82) is 0 Å². The lowest BCUT2D eigenvalue weighted by Gasteiger charge is -2.29. The summed E-state index contributed by atoms with van der Waals surface area (Å²) >= 11 is 0. The Morgan fingerprint density at radius 2 is 2.08 bits per heavy atom. The standard InChI is InChI=1S/C10H14O3/c1-10(2)8-5-6(11)3-4-7(8)9(12)13-10/h7-8H,3-5H2,1-2H3. The molecule has 0 aromatic carbocycles. The van der Waals surface area contributed by atoms with Crippen LogP contribution in [0.3, 0.4) is 0 Å². The molecular formula is C10H14O3. The van der Waals surface area contributed by atoms with Crippen molar-refractivity contribution in [2.75, 3.05) is 0 Å². The van der Waals surface area contributed by atoms with Crippen molar-refractivity contribution < 1.29 is 14.3 Å². The van der Waals surface area contributed by atoms with Crippen LogP contribution in [0.5, 0.6) is 0 Å². The summed E-state index contributed by atoms with van der Waals surface area (Å²) in [6.07, 6.45) is 1.75. The highest BCUT2D eigenvalue weighted by molar-refractivity contribution is 5.85. The van der Waals surface area contributed by atoms with Crippen LogP contribution in [0.1, 0.15) is 33.1 Å². The van der Waals surface area contributed by atoms with Gasteiger partial charge in [0.1, 0.15) is 11.4 Å². The molecule has 0 spiro atoms. The summed E-state index contributed by atoms with van der Waals surface area (Å²) in [6.45, 7) is 3.79. The highest BCUT2D eigenvalue weighted by atomic mass is 16.6. The quantitative estimate of drug-likeness (QED) is 0.530. The van der Waals surface area contributed by atoms with E-state index < -0.39 is 5.60 Å². The van der Waals surface area contributed by atoms with E-state index >= 15 is 0 Å². The van der Waals surface area contributed by atoms with E-state index in [-0.39, 0.29) is 23.6 Å². The molecule has 2 aliphatic rings. The molecule has 0 bridgehead atoms. The van der Waals surface area contributed by atoms with E-state index in [0.717, 1.165) is 0 Å². The Kier molecular flexibility index (Phi) is 1.72. The van der Waals surface area contributed by atoms with E-state index in [1.54, 1.807) is 0 Å². The number of hydrogen-bond acceptors (Lipinski definition) is 3. The van der Waals surface area contributed by atoms with Crippen molar-refractivity contribution in [3.63, 3.8) is 0 Å². The Morgan fingerprint density at radius 1 is 1.38 bits per heavy atom. The Hall–Kier alpha value is -0.860. The smallest absolute Gasteiger partial charge is 0.309 e. The van der Waals surface area contributed by atoms with Gasteiger partial charge < -0.3 is 4.74 Å². The normalized spacial score (nSPS) is 37.1. The van der Waals surface area contributed by atoms with Crippen LogP contribution in [0.4, 0.5) is 0 Å². The topological polar surface area (TPSA) is 43.4 Å². The van der Waals surface area contributed by atoms with Crippen LogP contribution in [0.15, 0.2) is 0 Å². The minimum absolute atomic E-state index is 0.0206. The number of fused-ring (bicyclic) bond motifs is 1. The summed E-state index contributed by atoms with van der Waals surface area (Å²) in [5.74, 6) is 0.254. The monoisotopic (exact) mass is 182 g/mol. The SMILES string of the molecule is CC1(C)OC(=O)C2CCC(=O)CC21. The highest BCUT2D eigenvalue weighted by Gasteiger charge is 2.51. The van der Waals surface area contributed by atoms with Gasteiger partial charge in [-0.15, -0.1) is 0 Å². The zero-order valence-corrected chi connectivity index (χ0v) is 8.00. The Bertz CT molecular complexity index is 267. The molecule has 3 heteroatoms. The van der Waals surface area contributed by atoms with E-state index in [1.807, 2.05) is 13.8 Å². The highest BCUT2D eigenvalue weighted by Crippen LogP contribution is 2.44. The second-order valence-electron chi connectivity index (χ2n) is 4.52. The van der Waals surface area contributed by atoms with Gasteiger partial charge in [-0.25, -0.2) is 0 Å². The Morgan fingerprint density at radius 3 is 2.77 bits per heavy atom. The first kappa shape index (κ1) is 8.73. The number of Topliss-reactive ketones (excluding diaryl/α,β-unsaturated/α-hetero) is 1. The average Bonchev–Trinajstić information content (AvgIpc) is 2.23. The van der Waals surface area contributed by atoms with Crippen molar-refractivity contribution >= 4 is 11.8 Å². The number of cyclic esters (lactones) is 1. The van der Waals surface area contributed by atoms with Crippen LogP contribution in [-0.2, 0) is 14.3 Å². The number of carbonyl (C=O) groups is 2. The first-order valence-corrected chi connectivity index (χ1v) is 4.75. The summed E-state index contributed by atoms with van der Waals surface area (Å²) in [7, 11) is 0. The van der Waals surface area contributed by atoms with Gasteiger partial charge in [-0.1, -0.05) is 0 Å². The fourth-order valence-electron chi connectivity index (χ4n) is 2.43. The van der Waals surface area contributed by atoms with Crippen LogP contribution in [0.25, 0.3) is 0 Å². The number of carbonyl (C=O) groups excluding carboxylic acids is 2. The van der Waals surface area contributed by atoms with Crippen LogP contribution in [-0.4, -0.2) is 17.4 Å². The van der Waals surface area contributed by atoms with Crippen molar-refractivity contribution in [2.24, 2.45) is 11.8 Å². The van der Waals surface area contributed by atoms with Crippen molar-refractivity contribution in [1.82, 2.24) is 0 Å². The maximum atomic E-state index is 11.4. The van der Waals surface area contributed by atoms with Crippen molar-refractivity contribution in [3.8, 4) is 0 Å². The first-order chi connectivity index (χ1) is 6.00. The third-order valence-electron chi connectivity index (χ3n) is 3.23. The molecule has 0 radical (unpaired) electrons. The van der Waals surface area contributed by atoms with E-state index in [2.05, 4.69) is 0 Å². The predicted molar refractivity (Wildman–Crippen MR) is 46.0 cm³/mol. The van der Waals surface area contributed by atoms with Gasteiger partial charge in [0.2, 0.25) is 0 Å². The van der Waals surface area contributed by atoms with Gasteiger partial charge in [-0.2, -0.15) is 0 Å². The molecule has 0 aromatic rings. The molecule has 2 rings (SSSR count). The van der Waals surface area contributed by atoms with Crippen molar-refractivity contribution in [2.45, 2.75) is 38.7 Å². The van der Waals surface area contributed by atoms with Gasteiger partial charge in [0.05, 0.1) is 5.92 Å². The molecule has 1 aliphatic carbocycles. The summed E-state index contributed by atoms with van der Waals surface area (Å²) in [4.78, 5) is 22.6. The lowest BCUT2D eigenvalue weighted by Crippen LogP contribution is -2.34. The minimum Gasteiger partial charge on any atom is -0.459 e. The Balaban J connectivity index is 2.25. The molecule has 2 unspecified atom stereocenters. The average molecular weight is 182 g/mol. The number of esters is 1. The molecule has 1 saturated carbocycles. The summed E-state index contributed by atoms with van der Waals surface area (Å²) in [6, 6.07) is 0. The second kappa shape index (κ2) is 2.56. The number of hydrogen-bond donors (Lipinski definition) is 0. The molecule has 2 fully saturated rings. The molecular weight excluding hydrogens is 168 g/mol. The number of rotatable bonds is 0. The van der Waals surface area contributed by atoms with E-state index in [4.69, 9.17) is 4.74 Å². The van der Waals surface area contributed by atoms with Gasteiger partial charge in [-0.05, 0) is 20.3 Å². The Labute approximate surface area is 77.4 Å². The number of ketones is 1. The zero-order chi connectivity index (χ0) is 9.64. The second-order valence-corrected chi connectivity index (χ2v) is 4.52. The van der Waals surface area contributed by atoms with Crippen LogP contribution >= 0.6 is 0 Å². The van der Waals surface area contributed by atoms with Gasteiger partial charge in [0.25, 0.3) is 0 Å². The minimum atomic E-state index is -0.433.